The van der Waals surface area contributed by atoms with Crippen molar-refractivity contribution in [2.24, 2.45) is 0 Å². The summed E-state index contributed by atoms with van der Waals surface area (Å²) >= 11 is 0. The molecule has 3 aliphatic rings. The molecule has 0 spiro atoms. The fourth-order valence-electron chi connectivity index (χ4n) is 13.8. The molecule has 3 fully saturated rings. The summed E-state index contributed by atoms with van der Waals surface area (Å²) in [4.78, 5) is 13.5. The van der Waals surface area contributed by atoms with Gasteiger partial charge in [-0.05, 0) is 44.9 Å². The second-order valence-corrected chi connectivity index (χ2v) is 28.9. The number of rotatable bonds is 64. The number of carbonyl (C=O) groups excluding carboxylic acids is 1. The Bertz CT molecular complexity index is 1850. The third kappa shape index (κ3) is 40.2. The van der Waals surface area contributed by atoms with Crippen molar-refractivity contribution in [3.63, 3.8) is 0 Å². The van der Waals surface area contributed by atoms with E-state index in [0.717, 1.165) is 51.4 Å². The zero-order valence-corrected chi connectivity index (χ0v) is 61.1. The Labute approximate surface area is 588 Å². The molecule has 3 rings (SSSR count). The van der Waals surface area contributed by atoms with E-state index in [2.05, 4.69) is 43.5 Å². The topological polar surface area (TPSA) is 307 Å². The predicted molar refractivity (Wildman–Crippen MR) is 383 cm³/mol. The Kier molecular flexibility index (Phi) is 55.0. The second-order valence-electron chi connectivity index (χ2n) is 28.9. The monoisotopic (exact) mass is 1390 g/mol. The van der Waals surface area contributed by atoms with E-state index in [1.165, 1.54) is 250 Å². The van der Waals surface area contributed by atoms with Gasteiger partial charge in [-0.2, -0.15) is 0 Å². The minimum Gasteiger partial charge on any atom is -0.394 e. The molecule has 3 saturated heterocycles. The van der Waals surface area contributed by atoms with Crippen molar-refractivity contribution in [2.75, 3.05) is 26.4 Å². The quantitative estimate of drug-likeness (QED) is 0.0199. The van der Waals surface area contributed by atoms with Crippen molar-refractivity contribution in [2.45, 2.75) is 439 Å². The second kappa shape index (κ2) is 59.6. The molecule has 12 N–H and O–H groups in total. The third-order valence-electron chi connectivity index (χ3n) is 20.3. The van der Waals surface area contributed by atoms with E-state index in [1.54, 1.807) is 0 Å². The molecule has 0 saturated carbocycles. The van der Waals surface area contributed by atoms with E-state index < -0.39 is 124 Å². The largest absolute Gasteiger partial charge is 0.394 e. The smallest absolute Gasteiger partial charge is 0.220 e. The van der Waals surface area contributed by atoms with Gasteiger partial charge in [0.2, 0.25) is 5.91 Å². The first-order chi connectivity index (χ1) is 47.3. The molecular weight excluding hydrogens is 1240 g/mol. The highest BCUT2D eigenvalue weighted by atomic mass is 16.8. The highest BCUT2D eigenvalue weighted by molar-refractivity contribution is 5.76. The van der Waals surface area contributed by atoms with Gasteiger partial charge in [-0.15, -0.1) is 0 Å². The number of nitrogens with one attached hydrogen (secondary N) is 1. The molecule has 0 aliphatic carbocycles. The summed E-state index contributed by atoms with van der Waals surface area (Å²) in [6.07, 6.45) is 44.0. The third-order valence-corrected chi connectivity index (χ3v) is 20.3. The lowest BCUT2D eigenvalue weighted by molar-refractivity contribution is -0.379. The number of allylic oxidation sites excluding steroid dienone is 4. The van der Waals surface area contributed by atoms with Crippen LogP contribution in [-0.4, -0.2) is 193 Å². The van der Waals surface area contributed by atoms with Crippen LogP contribution in [0.3, 0.4) is 0 Å². The van der Waals surface area contributed by atoms with Crippen molar-refractivity contribution in [1.29, 1.82) is 0 Å². The molecular formula is C78H147NO18. The molecule has 17 atom stereocenters. The maximum absolute atomic E-state index is 13.5. The van der Waals surface area contributed by atoms with Crippen molar-refractivity contribution in [1.82, 2.24) is 5.32 Å². The lowest BCUT2D eigenvalue weighted by Gasteiger charge is -2.48. The Balaban J connectivity index is 1.37. The van der Waals surface area contributed by atoms with Crippen molar-refractivity contribution < 1.29 is 89.4 Å². The predicted octanol–water partition coefficient (Wildman–Crippen LogP) is 13.0. The fraction of sp³-hybridized carbons (Fsp3) is 0.936. The average Bonchev–Trinajstić information content (AvgIpc) is 0.789. The molecule has 0 aromatic carbocycles. The molecule has 0 radical (unpaired) electrons. The van der Waals surface area contributed by atoms with E-state index in [9.17, 15) is 61.0 Å². The Hall–Kier alpha value is -1.73. The normalized spacial score (nSPS) is 27.0. The van der Waals surface area contributed by atoms with Crippen LogP contribution in [-0.2, 0) is 33.2 Å². The van der Waals surface area contributed by atoms with Crippen LogP contribution < -0.4 is 5.32 Å². The van der Waals surface area contributed by atoms with Crippen molar-refractivity contribution in [3.05, 3.63) is 24.3 Å². The van der Waals surface area contributed by atoms with Crippen LogP contribution in [0.25, 0.3) is 0 Å². The number of aliphatic hydroxyl groups is 11. The first-order valence-electron chi connectivity index (χ1n) is 40.1. The molecule has 19 nitrogen and oxygen atoms in total. The van der Waals surface area contributed by atoms with Crippen LogP contribution in [0.1, 0.15) is 335 Å². The minimum atomic E-state index is -1.97. The van der Waals surface area contributed by atoms with Gasteiger partial charge < -0.3 is 89.9 Å². The summed E-state index contributed by atoms with van der Waals surface area (Å²) in [6, 6.07) is -0.886. The number of aliphatic hydroxyl groups excluding tert-OH is 11. The Morgan fingerprint density at radius 3 is 1.05 bits per heavy atom. The highest BCUT2D eigenvalue weighted by Crippen LogP contribution is 2.33. The van der Waals surface area contributed by atoms with Gasteiger partial charge in [0, 0.05) is 6.42 Å². The number of hydrogen-bond donors (Lipinski definition) is 12. The number of amides is 1. The van der Waals surface area contributed by atoms with Crippen LogP contribution in [0.2, 0.25) is 0 Å². The van der Waals surface area contributed by atoms with Gasteiger partial charge in [0.05, 0.1) is 38.6 Å². The summed E-state index contributed by atoms with van der Waals surface area (Å²) in [6.45, 7) is 1.85. The van der Waals surface area contributed by atoms with Crippen molar-refractivity contribution >= 4 is 5.91 Å². The summed E-state index contributed by atoms with van der Waals surface area (Å²) < 4.78 is 34.5. The van der Waals surface area contributed by atoms with Gasteiger partial charge in [0.25, 0.3) is 0 Å². The minimum absolute atomic E-state index is 0.236. The van der Waals surface area contributed by atoms with Gasteiger partial charge >= 0.3 is 0 Å². The van der Waals surface area contributed by atoms with E-state index in [1.807, 2.05) is 0 Å². The standard InChI is InChI=1S/C78H147NO18/c1-3-5-7-9-11-13-15-17-19-21-23-25-27-28-29-30-31-32-34-36-38-40-42-44-46-48-50-52-54-56-66(84)79-61(62(83)55-53-51-49-47-45-43-41-39-37-35-33-26-24-22-20-18-16-14-12-10-8-6-4-2)60-92-76-72(90)69(87)74(64(58-81)94-76)97-78-73(91)70(88)75(65(59-82)95-78)96-77-71(89)68(86)67(85)63(57-80)93-77/h15,17,21,23,61-65,67-78,80-83,85-91H,3-14,16,18-20,22,24-60H2,1-2H3,(H,79,84)/b17-15-,23-21-. The van der Waals surface area contributed by atoms with Gasteiger partial charge in [-0.3, -0.25) is 4.79 Å². The summed E-state index contributed by atoms with van der Waals surface area (Å²) in [5.41, 5.74) is 0. The van der Waals surface area contributed by atoms with Gasteiger partial charge in [0.15, 0.2) is 18.9 Å². The highest BCUT2D eigenvalue weighted by Gasteiger charge is 2.54. The van der Waals surface area contributed by atoms with Crippen LogP contribution in [0.4, 0.5) is 0 Å². The average molecular weight is 1390 g/mol. The lowest BCUT2D eigenvalue weighted by Crippen LogP contribution is -2.66. The Morgan fingerprint density at radius 2 is 0.680 bits per heavy atom. The Morgan fingerprint density at radius 1 is 0.371 bits per heavy atom. The molecule has 0 bridgehead atoms. The van der Waals surface area contributed by atoms with E-state index in [0.29, 0.717) is 12.8 Å². The fourth-order valence-corrected chi connectivity index (χ4v) is 13.8. The molecule has 17 unspecified atom stereocenters. The molecule has 19 heteroatoms. The van der Waals surface area contributed by atoms with Crippen LogP contribution in [0.5, 0.6) is 0 Å². The van der Waals surface area contributed by atoms with Crippen molar-refractivity contribution in [3.8, 4) is 0 Å². The van der Waals surface area contributed by atoms with Crippen LogP contribution >= 0.6 is 0 Å². The van der Waals surface area contributed by atoms with Crippen LogP contribution in [0, 0.1) is 0 Å². The molecule has 3 aliphatic heterocycles. The van der Waals surface area contributed by atoms with Gasteiger partial charge in [0.1, 0.15) is 73.2 Å². The van der Waals surface area contributed by atoms with E-state index in [4.69, 9.17) is 28.4 Å². The molecule has 97 heavy (non-hydrogen) atoms. The summed E-state index contributed by atoms with van der Waals surface area (Å²) in [5, 5.41) is 121. The van der Waals surface area contributed by atoms with E-state index in [-0.39, 0.29) is 18.9 Å². The lowest BCUT2D eigenvalue weighted by atomic mass is 9.96. The first-order valence-corrected chi connectivity index (χ1v) is 40.1. The zero-order valence-electron chi connectivity index (χ0n) is 61.1. The number of ether oxygens (including phenoxy) is 6. The number of hydrogen-bond acceptors (Lipinski definition) is 18. The number of carbonyl (C=O) groups is 1. The molecule has 1 amide bonds. The molecule has 0 aromatic rings. The van der Waals surface area contributed by atoms with Crippen LogP contribution in [0.15, 0.2) is 24.3 Å². The summed E-state index contributed by atoms with van der Waals surface area (Å²) in [5.74, 6) is -0.236. The van der Waals surface area contributed by atoms with Gasteiger partial charge in [-0.25, -0.2) is 0 Å². The molecule has 3 heterocycles. The summed E-state index contributed by atoms with van der Waals surface area (Å²) in [7, 11) is 0. The number of unbranched alkanes of at least 4 members (excludes halogenated alkanes) is 44. The zero-order chi connectivity index (χ0) is 70.4. The molecule has 572 valence electrons. The van der Waals surface area contributed by atoms with Gasteiger partial charge in [-0.1, -0.05) is 308 Å². The maximum atomic E-state index is 13.5. The molecule has 0 aromatic heterocycles. The SMILES string of the molecule is CCCCCCC/C=C\C/C=C\CCCCCCCCCCCCCCCCCCCC(=O)NC(COC1OC(CO)C(OC2OC(CO)C(OC3OC(CO)C(O)C(O)C3O)C(O)C2O)C(O)C1O)C(O)CCCCCCCCCCCCCCCCCCCCCCCCC. The maximum Gasteiger partial charge on any atom is 0.220 e. The first kappa shape index (κ1) is 89.5. The van der Waals surface area contributed by atoms with E-state index >= 15 is 0 Å².